The van der Waals surface area contributed by atoms with Crippen LogP contribution >= 0.6 is 0 Å². The fourth-order valence-corrected chi connectivity index (χ4v) is 2.43. The molecule has 9 heteroatoms. The molecular weight excluding hydrogens is 218 g/mol. The van der Waals surface area contributed by atoms with Crippen molar-refractivity contribution in [3.63, 3.8) is 0 Å². The Hall–Kier alpha value is -0.283. The summed E-state index contributed by atoms with van der Waals surface area (Å²) >= 11 is 0. The van der Waals surface area contributed by atoms with Gasteiger partial charge in [0.05, 0.1) is 12.1 Å². The molecule has 0 atom stereocenters. The molecule has 0 bridgehead atoms. The van der Waals surface area contributed by atoms with Gasteiger partial charge in [-0.15, -0.1) is 0 Å². The summed E-state index contributed by atoms with van der Waals surface area (Å²) in [4.78, 5) is 0. The van der Waals surface area contributed by atoms with E-state index in [4.69, 9.17) is 10.8 Å². The molecule has 0 spiro atoms. The highest BCUT2D eigenvalue weighted by Crippen LogP contribution is 2.30. The second-order valence-electron chi connectivity index (χ2n) is 2.82. The highest BCUT2D eigenvalue weighted by molar-refractivity contribution is 6.74. The van der Waals surface area contributed by atoms with Gasteiger partial charge < -0.3 is 10.8 Å². The average molecular weight is 226 g/mol. The zero-order valence-electron chi connectivity index (χ0n) is 6.34. The number of hydrogen-bond donors (Lipinski definition) is 2. The van der Waals surface area contributed by atoms with Crippen LogP contribution in [0.1, 0.15) is 0 Å². The van der Waals surface area contributed by atoms with Crippen molar-refractivity contribution in [1.29, 1.82) is 0 Å². The zero-order chi connectivity index (χ0) is 10.9. The molecule has 0 radical (unpaired) electrons. The van der Waals surface area contributed by atoms with Crippen LogP contribution < -0.4 is 10.8 Å². The van der Waals surface area contributed by atoms with Crippen LogP contribution in [0.25, 0.3) is 0 Å². The van der Waals surface area contributed by atoms with Crippen molar-refractivity contribution in [2.45, 2.75) is 24.4 Å². The van der Waals surface area contributed by atoms with Crippen LogP contribution in [0.2, 0.25) is 12.1 Å². The van der Waals surface area contributed by atoms with Crippen LogP contribution in [0.15, 0.2) is 0 Å². The van der Waals surface area contributed by atoms with E-state index >= 15 is 0 Å². The molecule has 0 aromatic heterocycles. The van der Waals surface area contributed by atoms with Crippen molar-refractivity contribution in [2.75, 3.05) is 0 Å². The summed E-state index contributed by atoms with van der Waals surface area (Å²) in [7, 11) is -4.22. The highest BCUT2D eigenvalue weighted by atomic mass is 28.3. The van der Waals surface area contributed by atoms with Crippen molar-refractivity contribution in [3.05, 3.63) is 0 Å². The van der Waals surface area contributed by atoms with E-state index in [0.29, 0.717) is 0 Å². The number of halogens is 6. The SMILES string of the molecule is N[Si](N)(CC(F)(F)F)CC(F)(F)F. The minimum Gasteiger partial charge on any atom is -0.339 e. The first-order valence-electron chi connectivity index (χ1n) is 3.13. The maximum absolute atomic E-state index is 11.6. The van der Waals surface area contributed by atoms with E-state index in [1.165, 1.54) is 0 Å². The molecule has 0 fully saturated rings. The summed E-state index contributed by atoms with van der Waals surface area (Å²) in [6, 6.07) is -3.45. The van der Waals surface area contributed by atoms with E-state index in [2.05, 4.69) is 0 Å². The Balaban J connectivity index is 4.25. The van der Waals surface area contributed by atoms with E-state index in [0.717, 1.165) is 0 Å². The van der Waals surface area contributed by atoms with E-state index in [9.17, 15) is 26.3 Å². The zero-order valence-corrected chi connectivity index (χ0v) is 7.34. The molecule has 80 valence electrons. The smallest absolute Gasteiger partial charge is 0.339 e. The van der Waals surface area contributed by atoms with Crippen LogP contribution in [-0.2, 0) is 0 Å². The van der Waals surface area contributed by atoms with Crippen LogP contribution in [0, 0.1) is 0 Å². The van der Waals surface area contributed by atoms with E-state index < -0.39 is 32.8 Å². The third-order valence-electron chi connectivity index (χ3n) is 1.06. The molecule has 0 saturated carbocycles. The predicted molar refractivity (Wildman–Crippen MR) is 35.9 cm³/mol. The third kappa shape index (κ3) is 8.06. The van der Waals surface area contributed by atoms with E-state index in [1.54, 1.807) is 0 Å². The molecule has 0 aromatic rings. The minimum atomic E-state index is -4.74. The molecule has 0 aliphatic carbocycles. The van der Waals surface area contributed by atoms with Crippen molar-refractivity contribution in [2.24, 2.45) is 10.8 Å². The first kappa shape index (κ1) is 12.7. The Morgan fingerprint density at radius 2 is 1.00 bits per heavy atom. The van der Waals surface area contributed by atoms with Crippen LogP contribution in [0.4, 0.5) is 26.3 Å². The topological polar surface area (TPSA) is 52.0 Å². The Morgan fingerprint density at radius 1 is 0.769 bits per heavy atom. The quantitative estimate of drug-likeness (QED) is 0.553. The Labute approximate surface area is 71.0 Å². The molecule has 0 aliphatic heterocycles. The lowest BCUT2D eigenvalue weighted by molar-refractivity contribution is -0.119. The van der Waals surface area contributed by atoms with Gasteiger partial charge in [-0.3, -0.25) is 0 Å². The first-order chi connectivity index (χ1) is 5.41. The van der Waals surface area contributed by atoms with Gasteiger partial charge in [-0.25, -0.2) is 0 Å². The molecule has 0 amide bonds. The average Bonchev–Trinajstić information content (AvgIpc) is 1.43. The van der Waals surface area contributed by atoms with Gasteiger partial charge in [-0.2, -0.15) is 26.3 Å². The molecule has 4 N–H and O–H groups in total. The standard InChI is InChI=1S/C4H8F6N2Si/c5-3(6,7)1-13(11,12)2-4(8,9)10/h1-2,11-12H2. The monoisotopic (exact) mass is 226 g/mol. The molecule has 2 nitrogen and oxygen atoms in total. The lowest BCUT2D eigenvalue weighted by Gasteiger charge is -2.23. The summed E-state index contributed by atoms with van der Waals surface area (Å²) in [5.41, 5.74) is 0. The van der Waals surface area contributed by atoms with Gasteiger partial charge in [0.15, 0.2) is 0 Å². The van der Waals surface area contributed by atoms with Gasteiger partial charge in [0.1, 0.15) is 0 Å². The molecule has 0 unspecified atom stereocenters. The minimum absolute atomic E-state index is 1.72. The molecule has 13 heavy (non-hydrogen) atoms. The Kier molecular flexibility index (Phi) is 3.39. The van der Waals surface area contributed by atoms with Gasteiger partial charge in [-0.05, 0) is 0 Å². The molecule has 0 heterocycles. The molecule has 0 rings (SSSR count). The fraction of sp³-hybridized carbons (Fsp3) is 1.00. The van der Waals surface area contributed by atoms with Gasteiger partial charge in [0.2, 0.25) is 8.40 Å². The summed E-state index contributed by atoms with van der Waals surface area (Å²) in [5, 5.41) is 9.53. The summed E-state index contributed by atoms with van der Waals surface area (Å²) in [6.07, 6.45) is -9.47. The lowest BCUT2D eigenvalue weighted by atomic mass is 10.8. The fourth-order valence-electron chi connectivity index (χ4n) is 0.809. The van der Waals surface area contributed by atoms with Gasteiger partial charge in [0.25, 0.3) is 0 Å². The molecule has 0 saturated heterocycles. The van der Waals surface area contributed by atoms with Gasteiger partial charge >= 0.3 is 12.4 Å². The molecule has 0 aromatic carbocycles. The number of nitrogens with two attached hydrogens (primary N) is 2. The largest absolute Gasteiger partial charge is 0.389 e. The van der Waals surface area contributed by atoms with Gasteiger partial charge in [-0.1, -0.05) is 0 Å². The second-order valence-corrected chi connectivity index (χ2v) is 5.99. The Morgan fingerprint density at radius 3 is 1.15 bits per heavy atom. The first-order valence-corrected chi connectivity index (χ1v) is 5.69. The summed E-state index contributed by atoms with van der Waals surface area (Å²) in [5.74, 6) is 0. The van der Waals surface area contributed by atoms with Gasteiger partial charge in [0, 0.05) is 0 Å². The van der Waals surface area contributed by atoms with Crippen LogP contribution in [0.3, 0.4) is 0 Å². The number of hydrogen-bond acceptors (Lipinski definition) is 2. The maximum atomic E-state index is 11.6. The second kappa shape index (κ2) is 3.46. The third-order valence-corrected chi connectivity index (χ3v) is 3.18. The number of alkyl halides is 6. The maximum Gasteiger partial charge on any atom is 0.389 e. The van der Waals surface area contributed by atoms with E-state index in [1.807, 2.05) is 0 Å². The molecular formula is C4H8F6N2Si. The predicted octanol–water partition coefficient (Wildman–Crippen LogP) is 1.47. The van der Waals surface area contributed by atoms with E-state index in [-0.39, 0.29) is 0 Å². The highest BCUT2D eigenvalue weighted by Gasteiger charge is 2.46. The van der Waals surface area contributed by atoms with Crippen molar-refractivity contribution in [1.82, 2.24) is 0 Å². The molecule has 0 aliphatic rings. The van der Waals surface area contributed by atoms with Crippen molar-refractivity contribution in [3.8, 4) is 0 Å². The lowest BCUT2D eigenvalue weighted by Crippen LogP contribution is -2.60. The van der Waals surface area contributed by atoms with Crippen molar-refractivity contribution < 1.29 is 26.3 Å². The van der Waals surface area contributed by atoms with Crippen LogP contribution in [0.5, 0.6) is 0 Å². The summed E-state index contributed by atoms with van der Waals surface area (Å²) < 4.78 is 69.8. The number of rotatable bonds is 2. The Bertz CT molecular complexity index is 154. The van der Waals surface area contributed by atoms with Crippen molar-refractivity contribution >= 4 is 8.40 Å². The summed E-state index contributed by atoms with van der Waals surface area (Å²) in [6.45, 7) is 0. The normalized spacial score (nSPS) is 14.8. The van der Waals surface area contributed by atoms with Crippen LogP contribution in [-0.4, -0.2) is 20.7 Å².